The van der Waals surface area contributed by atoms with Gasteiger partial charge in [0.1, 0.15) is 23.5 Å². The van der Waals surface area contributed by atoms with Crippen molar-refractivity contribution in [2.24, 2.45) is 5.73 Å². The number of benzene rings is 2. The van der Waals surface area contributed by atoms with Crippen LogP contribution in [-0.2, 0) is 17.8 Å². The van der Waals surface area contributed by atoms with Crippen molar-refractivity contribution in [3.05, 3.63) is 81.2 Å². The Morgan fingerprint density at radius 2 is 1.83 bits per heavy atom. The van der Waals surface area contributed by atoms with Gasteiger partial charge in [-0.3, -0.25) is 15.0 Å². The van der Waals surface area contributed by atoms with Gasteiger partial charge in [0, 0.05) is 37.0 Å². The zero-order valence-electron chi connectivity index (χ0n) is 19.9. The Morgan fingerprint density at radius 3 is 2.44 bits per heavy atom. The number of carbonyl (C=O) groups excluding carboxylic acids is 1. The Kier molecular flexibility index (Phi) is 8.07. The number of amidine groups is 1. The maximum atomic E-state index is 13.3. The number of carbonyl (C=O) groups is 2. The average molecular weight is 493 g/mol. The number of nitrogens with zero attached hydrogens (tertiary/aromatic N) is 1. The lowest BCUT2D eigenvalue weighted by atomic mass is 10.0. The van der Waals surface area contributed by atoms with Crippen LogP contribution in [0.5, 0.6) is 0 Å². The number of amides is 1. The normalized spacial score (nSPS) is 10.8. The molecule has 2 aromatic carbocycles. The highest BCUT2D eigenvalue weighted by Gasteiger charge is 2.20. The molecule has 0 saturated heterocycles. The molecule has 0 spiro atoms. The van der Waals surface area contributed by atoms with E-state index in [9.17, 15) is 19.5 Å². The number of hydrogen-bond donors (Lipinski definition) is 6. The maximum Gasteiger partial charge on any atom is 0.335 e. The van der Waals surface area contributed by atoms with Crippen LogP contribution < -0.4 is 27.6 Å². The summed E-state index contributed by atoms with van der Waals surface area (Å²) in [5, 5.41) is 21.3. The first-order chi connectivity index (χ1) is 17.1. The van der Waals surface area contributed by atoms with Gasteiger partial charge in [-0.15, -0.1) is 0 Å². The van der Waals surface area contributed by atoms with Crippen molar-refractivity contribution in [3.63, 3.8) is 0 Å². The third-order valence-corrected chi connectivity index (χ3v) is 5.43. The minimum atomic E-state index is -1.19. The molecule has 0 aliphatic rings. The van der Waals surface area contributed by atoms with Crippen LogP contribution in [0.3, 0.4) is 0 Å². The van der Waals surface area contributed by atoms with Crippen LogP contribution in [0.15, 0.2) is 57.9 Å². The molecule has 0 unspecified atom stereocenters. The largest absolute Gasteiger partial charge is 0.478 e. The van der Waals surface area contributed by atoms with Gasteiger partial charge in [-0.05, 0) is 23.8 Å². The molecular weight excluding hydrogens is 464 g/mol. The number of nitrogens with two attached hydrogens (primary N) is 2. The van der Waals surface area contributed by atoms with Crippen molar-refractivity contribution in [2.45, 2.75) is 19.9 Å². The quantitative estimate of drug-likeness (QED) is 0.106. The predicted molar refractivity (Wildman–Crippen MR) is 137 cm³/mol. The van der Waals surface area contributed by atoms with Gasteiger partial charge in [0.25, 0.3) is 0 Å². The summed E-state index contributed by atoms with van der Waals surface area (Å²) in [6.07, 6.45) is 0.914. The van der Waals surface area contributed by atoms with E-state index in [1.54, 1.807) is 36.3 Å². The van der Waals surface area contributed by atoms with E-state index in [2.05, 4.69) is 10.7 Å². The smallest absolute Gasteiger partial charge is 0.335 e. The zero-order chi connectivity index (χ0) is 26.4. The number of nitrogens with one attached hydrogen (secondary N) is 3. The van der Waals surface area contributed by atoms with Gasteiger partial charge in [-0.2, -0.15) is 0 Å². The Bertz CT molecular complexity index is 1350. The first-order valence-electron chi connectivity index (χ1n) is 11.1. The van der Waals surface area contributed by atoms with Crippen molar-refractivity contribution < 1.29 is 19.1 Å². The van der Waals surface area contributed by atoms with Crippen LogP contribution in [0, 0.1) is 5.41 Å². The number of anilines is 2. The molecule has 11 heteroatoms. The second kappa shape index (κ2) is 11.2. The summed E-state index contributed by atoms with van der Waals surface area (Å²) < 4.78 is 5.74. The lowest BCUT2D eigenvalue weighted by molar-refractivity contribution is -0.120. The number of hydrazine groups is 1. The molecule has 0 aliphatic heterocycles. The van der Waals surface area contributed by atoms with Gasteiger partial charge >= 0.3 is 5.97 Å². The number of hydrogen-bond acceptors (Lipinski definition) is 8. The summed E-state index contributed by atoms with van der Waals surface area (Å²) in [6.45, 7) is 2.67. The molecule has 3 aromatic rings. The molecule has 1 amide bonds. The fourth-order valence-corrected chi connectivity index (χ4v) is 3.40. The van der Waals surface area contributed by atoms with Crippen molar-refractivity contribution in [2.75, 3.05) is 24.8 Å². The third-order valence-electron chi connectivity index (χ3n) is 5.43. The van der Waals surface area contributed by atoms with Crippen LogP contribution in [0.25, 0.3) is 11.3 Å². The second-order valence-electron chi connectivity index (χ2n) is 8.13. The Balaban J connectivity index is 1.93. The molecule has 1 aromatic heterocycles. The molecule has 0 saturated carbocycles. The van der Waals surface area contributed by atoms with E-state index in [1.165, 1.54) is 24.5 Å². The topological polar surface area (TPSA) is 188 Å². The molecule has 3 rings (SSSR count). The molecule has 1 heterocycles. The maximum absolute atomic E-state index is 13.3. The molecule has 0 atom stereocenters. The fourth-order valence-electron chi connectivity index (χ4n) is 3.40. The van der Waals surface area contributed by atoms with E-state index < -0.39 is 17.3 Å². The fraction of sp³-hybridized carbons (Fsp3) is 0.200. The van der Waals surface area contributed by atoms with Crippen molar-refractivity contribution in [1.82, 2.24) is 10.3 Å². The van der Waals surface area contributed by atoms with Gasteiger partial charge in [0.2, 0.25) is 11.3 Å². The van der Waals surface area contributed by atoms with Crippen LogP contribution >= 0.6 is 0 Å². The van der Waals surface area contributed by atoms with Gasteiger partial charge in [-0.1, -0.05) is 31.2 Å². The first kappa shape index (κ1) is 26.0. The highest BCUT2D eigenvalue weighted by Crippen LogP contribution is 2.27. The van der Waals surface area contributed by atoms with Gasteiger partial charge < -0.3 is 31.7 Å². The summed E-state index contributed by atoms with van der Waals surface area (Å²) >= 11 is 0. The SMILES string of the molecule is CCN(C)Nc1coc(-c2cc(N)cc(C(=O)O)c2)c(CC(=O)NCc2ccc(C(=N)N)cc2)c1=O. The van der Waals surface area contributed by atoms with Crippen LogP contribution in [0.4, 0.5) is 11.4 Å². The summed E-state index contributed by atoms with van der Waals surface area (Å²) in [5.74, 6) is -1.63. The third kappa shape index (κ3) is 6.27. The number of carboxylic acid groups (broad SMARTS) is 1. The number of nitrogen functional groups attached to an aromatic ring is 2. The molecule has 0 radical (unpaired) electrons. The standard InChI is InChI=1S/C25H28N6O5/c1-3-31(2)30-20-13-36-23(16-8-17(25(34)35)10-18(26)9-16)19(22(20)33)11-21(32)29-12-14-4-6-15(7-5-14)24(27)28/h4-10,13,30H,3,11-12,26H2,1-2H3,(H3,27,28)(H,29,32)(H,34,35). The van der Waals surface area contributed by atoms with E-state index in [1.807, 2.05) is 6.92 Å². The summed E-state index contributed by atoms with van der Waals surface area (Å²) in [4.78, 5) is 37.7. The Hall–Kier alpha value is -4.64. The molecule has 0 fully saturated rings. The number of carboxylic acids is 1. The zero-order valence-corrected chi connectivity index (χ0v) is 19.9. The predicted octanol–water partition coefficient (Wildman–Crippen LogP) is 2.01. The highest BCUT2D eigenvalue weighted by atomic mass is 16.4. The highest BCUT2D eigenvalue weighted by molar-refractivity contribution is 5.95. The first-order valence-corrected chi connectivity index (χ1v) is 11.1. The van der Waals surface area contributed by atoms with Crippen molar-refractivity contribution in [1.29, 1.82) is 5.41 Å². The summed E-state index contributed by atoms with van der Waals surface area (Å²) in [5.41, 5.74) is 15.7. The van der Waals surface area contributed by atoms with E-state index in [0.29, 0.717) is 12.1 Å². The van der Waals surface area contributed by atoms with Crippen molar-refractivity contribution in [3.8, 4) is 11.3 Å². The lowest BCUT2D eigenvalue weighted by Crippen LogP contribution is -2.31. The molecule has 8 N–H and O–H groups in total. The van der Waals surface area contributed by atoms with Gasteiger partial charge in [0.15, 0.2) is 0 Å². The average Bonchev–Trinajstić information content (AvgIpc) is 2.84. The van der Waals surface area contributed by atoms with Crippen LogP contribution in [0.1, 0.15) is 34.0 Å². The van der Waals surface area contributed by atoms with Gasteiger partial charge in [0.05, 0.1) is 17.5 Å². The van der Waals surface area contributed by atoms with Crippen molar-refractivity contribution >= 4 is 29.1 Å². The Labute approximate surface area is 207 Å². The minimum absolute atomic E-state index is 0.0517. The van der Waals surface area contributed by atoms with Crippen LogP contribution in [-0.4, -0.2) is 41.4 Å². The molecule has 36 heavy (non-hydrogen) atoms. The number of rotatable bonds is 10. The summed E-state index contributed by atoms with van der Waals surface area (Å²) in [7, 11) is 1.74. The minimum Gasteiger partial charge on any atom is -0.478 e. The Morgan fingerprint density at radius 1 is 1.14 bits per heavy atom. The second-order valence-corrected chi connectivity index (χ2v) is 8.13. The van der Waals surface area contributed by atoms with E-state index >= 15 is 0 Å². The molecule has 0 aliphatic carbocycles. The van der Waals surface area contributed by atoms with E-state index in [4.69, 9.17) is 21.3 Å². The molecule has 0 bridgehead atoms. The van der Waals surface area contributed by atoms with Gasteiger partial charge in [-0.25, -0.2) is 9.80 Å². The molecular formula is C25H28N6O5. The van der Waals surface area contributed by atoms with Crippen LogP contribution in [0.2, 0.25) is 0 Å². The van der Waals surface area contributed by atoms with E-state index in [0.717, 1.165) is 5.56 Å². The summed E-state index contributed by atoms with van der Waals surface area (Å²) in [6, 6.07) is 10.9. The molecule has 188 valence electrons. The number of aromatic carboxylic acids is 1. The molecule has 11 nitrogen and oxygen atoms in total. The van der Waals surface area contributed by atoms with E-state index in [-0.39, 0.29) is 52.6 Å². The lowest BCUT2D eigenvalue weighted by Gasteiger charge is -2.18. The monoisotopic (exact) mass is 492 g/mol.